The van der Waals surface area contributed by atoms with Crippen LogP contribution < -0.4 is 24.0 Å². The van der Waals surface area contributed by atoms with Gasteiger partial charge in [0.25, 0.3) is 0 Å². The summed E-state index contributed by atoms with van der Waals surface area (Å²) in [6.07, 6.45) is 10.4. The Labute approximate surface area is 588 Å². The number of para-hydroxylation sites is 2. The zero-order valence-electron chi connectivity index (χ0n) is 57.3. The maximum absolute atomic E-state index is 6.58. The lowest BCUT2D eigenvalue weighted by molar-refractivity contribution is -0.133. The molecular weight excluding hydrogens is 1230 g/mol. The first-order chi connectivity index (χ1) is 49.2. The standard InChI is InChI=1S/C92H84N2O6/c1-4-88(56-95-57-88)62-98-77-46-34-68(35-47-77)91(67-20-10-7-11-21-67)84-28-18-16-26-80(84)82-52-44-75(54-86(82)91)93(71-22-12-8-13-23-71)73-40-30-65(31-41-73)66-32-42-74(43-33-66)94(72-24-14-9-15-25-72)76-45-53-83-81-27-17-19-29-85(81)92(87(83)55-76,69-36-48-78(49-37-69)99-63-89(5-2)58-96-59-89)70-38-50-79(51-39-70)100-64-90(6-3)60-97-61-90/h7-55,82,86H,4-6,56-64H2,1-3H3. The van der Waals surface area contributed by atoms with Gasteiger partial charge in [0, 0.05) is 46.0 Å². The van der Waals surface area contributed by atoms with E-state index < -0.39 is 10.8 Å². The third-order valence-electron chi connectivity index (χ3n) is 23.1. The molecule has 3 fully saturated rings. The van der Waals surface area contributed by atoms with E-state index in [4.69, 9.17) is 28.4 Å². The molecule has 0 N–H and O–H groups in total. The van der Waals surface area contributed by atoms with E-state index in [9.17, 15) is 0 Å². The fourth-order valence-corrected chi connectivity index (χ4v) is 16.7. The van der Waals surface area contributed by atoms with Crippen LogP contribution in [-0.4, -0.2) is 59.5 Å². The minimum absolute atomic E-state index is 0.0539. The fourth-order valence-electron chi connectivity index (χ4n) is 16.7. The first kappa shape index (κ1) is 63.2. The Bertz CT molecular complexity index is 4690. The van der Waals surface area contributed by atoms with Crippen molar-refractivity contribution in [1.29, 1.82) is 0 Å². The fraction of sp³-hybridized carbons (Fsp3) is 0.239. The number of hydrogen-bond acceptors (Lipinski definition) is 8. The maximum atomic E-state index is 6.58. The van der Waals surface area contributed by atoms with E-state index in [-0.39, 0.29) is 28.1 Å². The Hall–Kier alpha value is -10.2. The third kappa shape index (κ3) is 10.9. The molecule has 17 rings (SSSR count). The molecule has 11 aromatic rings. The molecule has 0 saturated carbocycles. The quantitative estimate of drug-likeness (QED) is 0.0628. The van der Waals surface area contributed by atoms with Gasteiger partial charge in [-0.25, -0.2) is 0 Å². The number of hydrogen-bond donors (Lipinski definition) is 0. The van der Waals surface area contributed by atoms with Crippen molar-refractivity contribution in [2.45, 2.75) is 56.8 Å². The molecule has 0 radical (unpaired) electrons. The number of allylic oxidation sites excluding steroid dienone is 3. The van der Waals surface area contributed by atoms with Crippen LogP contribution in [0.5, 0.6) is 17.2 Å². The van der Waals surface area contributed by atoms with Crippen LogP contribution in [-0.2, 0) is 25.0 Å². The summed E-state index contributed by atoms with van der Waals surface area (Å²) in [4.78, 5) is 4.83. The lowest BCUT2D eigenvalue weighted by Crippen LogP contribution is -2.46. The summed E-state index contributed by atoms with van der Waals surface area (Å²) in [6.45, 7) is 13.0. The van der Waals surface area contributed by atoms with Gasteiger partial charge in [0.2, 0.25) is 0 Å². The summed E-state index contributed by atoms with van der Waals surface area (Å²) in [6, 6.07) is 103. The van der Waals surface area contributed by atoms with Crippen molar-refractivity contribution in [3.05, 3.63) is 347 Å². The molecular formula is C92H84N2O6. The SMILES string of the molecule is CCC1(COc2ccc(C3(c4ccc(OCC5(CC)COC5)cc4)c4ccccc4-c4ccc(N(c5ccccc5)c5ccc(-c6ccc(N(C7=CC8C(C=C7)c7ccccc7C8(c7ccccc7)c7ccc(OCC8(CC)COC8)cc7)c7ccccc7)cc6)cc5)cc43)cc2)COC1. The predicted octanol–water partition coefficient (Wildman–Crippen LogP) is 20.9. The van der Waals surface area contributed by atoms with Gasteiger partial charge in [-0.3, -0.25) is 0 Å². The summed E-state index contributed by atoms with van der Waals surface area (Å²) in [5.74, 6) is 2.81. The highest BCUT2D eigenvalue weighted by molar-refractivity contribution is 5.90. The number of benzene rings is 11. The van der Waals surface area contributed by atoms with Crippen LogP contribution in [0.15, 0.2) is 303 Å². The van der Waals surface area contributed by atoms with Gasteiger partial charge in [0.05, 0.1) is 86.5 Å². The molecule has 3 atom stereocenters. The first-order valence-electron chi connectivity index (χ1n) is 35.9. The molecule has 11 aromatic carbocycles. The number of nitrogens with zero attached hydrogens (tertiary/aromatic N) is 2. The van der Waals surface area contributed by atoms with Gasteiger partial charge in [0.15, 0.2) is 0 Å². The topological polar surface area (TPSA) is 61.9 Å². The van der Waals surface area contributed by atoms with Crippen molar-refractivity contribution in [1.82, 2.24) is 0 Å². The second-order valence-corrected chi connectivity index (χ2v) is 28.7. The van der Waals surface area contributed by atoms with Crippen LogP contribution in [0, 0.1) is 22.2 Å². The van der Waals surface area contributed by atoms with Crippen molar-refractivity contribution in [2.24, 2.45) is 22.2 Å². The number of rotatable bonds is 23. The Balaban J connectivity index is 0.710. The molecule has 3 unspecified atom stereocenters. The summed E-state index contributed by atoms with van der Waals surface area (Å²) in [5.41, 5.74) is 20.2. The van der Waals surface area contributed by atoms with E-state index >= 15 is 0 Å². The van der Waals surface area contributed by atoms with Crippen LogP contribution in [0.25, 0.3) is 22.3 Å². The van der Waals surface area contributed by atoms with E-state index in [2.05, 4.69) is 328 Å². The van der Waals surface area contributed by atoms with Crippen molar-refractivity contribution in [3.63, 3.8) is 0 Å². The maximum Gasteiger partial charge on any atom is 0.119 e. The average molecular weight is 1310 g/mol. The molecule has 8 nitrogen and oxygen atoms in total. The predicted molar refractivity (Wildman–Crippen MR) is 402 cm³/mol. The molecule has 6 aliphatic rings. The highest BCUT2D eigenvalue weighted by Crippen LogP contribution is 2.62. The van der Waals surface area contributed by atoms with Gasteiger partial charge < -0.3 is 38.2 Å². The smallest absolute Gasteiger partial charge is 0.119 e. The molecule has 3 saturated heterocycles. The second kappa shape index (κ2) is 26.1. The Morgan fingerprint density at radius 1 is 0.360 bits per heavy atom. The second-order valence-electron chi connectivity index (χ2n) is 28.7. The number of ether oxygens (including phenoxy) is 6. The zero-order chi connectivity index (χ0) is 67.3. The van der Waals surface area contributed by atoms with Crippen LogP contribution in [0.2, 0.25) is 0 Å². The van der Waals surface area contributed by atoms with Crippen molar-refractivity contribution < 1.29 is 28.4 Å². The van der Waals surface area contributed by atoms with E-state index in [1.54, 1.807) is 0 Å². The third-order valence-corrected chi connectivity index (χ3v) is 23.1. The summed E-state index contributed by atoms with van der Waals surface area (Å²) >= 11 is 0. The van der Waals surface area contributed by atoms with Crippen LogP contribution in [0.4, 0.5) is 28.4 Å². The zero-order valence-corrected chi connectivity index (χ0v) is 57.3. The highest BCUT2D eigenvalue weighted by atomic mass is 16.5. The van der Waals surface area contributed by atoms with Gasteiger partial charge in [-0.2, -0.15) is 0 Å². The molecule has 0 aromatic heterocycles. The van der Waals surface area contributed by atoms with Crippen molar-refractivity contribution in [3.8, 4) is 39.5 Å². The van der Waals surface area contributed by atoms with Gasteiger partial charge in [-0.05, 0) is 189 Å². The van der Waals surface area contributed by atoms with Crippen LogP contribution in [0.1, 0.15) is 90.5 Å². The largest absolute Gasteiger partial charge is 0.493 e. The molecule has 3 aliphatic heterocycles. The van der Waals surface area contributed by atoms with Crippen molar-refractivity contribution >= 4 is 28.4 Å². The molecule has 498 valence electrons. The Morgan fingerprint density at radius 3 is 1.25 bits per heavy atom. The van der Waals surface area contributed by atoms with E-state index in [0.29, 0.717) is 19.8 Å². The summed E-state index contributed by atoms with van der Waals surface area (Å²) in [5, 5.41) is 0. The van der Waals surface area contributed by atoms with E-state index in [1.807, 2.05) is 0 Å². The van der Waals surface area contributed by atoms with E-state index in [1.165, 1.54) is 44.5 Å². The van der Waals surface area contributed by atoms with Gasteiger partial charge in [-0.15, -0.1) is 0 Å². The van der Waals surface area contributed by atoms with Crippen LogP contribution in [0.3, 0.4) is 0 Å². The molecule has 0 bridgehead atoms. The molecule has 0 amide bonds. The Kier molecular flexibility index (Phi) is 16.5. The van der Waals surface area contributed by atoms with Crippen LogP contribution >= 0.6 is 0 Å². The highest BCUT2D eigenvalue weighted by Gasteiger charge is 2.54. The monoisotopic (exact) mass is 1310 g/mol. The van der Waals surface area contributed by atoms with Gasteiger partial charge >= 0.3 is 0 Å². The molecule has 8 heteroatoms. The molecule has 3 aliphatic carbocycles. The van der Waals surface area contributed by atoms with Gasteiger partial charge in [0.1, 0.15) is 17.2 Å². The van der Waals surface area contributed by atoms with E-state index in [0.717, 1.165) is 133 Å². The summed E-state index contributed by atoms with van der Waals surface area (Å²) < 4.78 is 36.7. The molecule has 100 heavy (non-hydrogen) atoms. The Morgan fingerprint density at radius 2 is 0.760 bits per heavy atom. The van der Waals surface area contributed by atoms with Crippen molar-refractivity contribution in [2.75, 3.05) is 69.3 Å². The number of fused-ring (bicyclic) bond motifs is 6. The summed E-state index contributed by atoms with van der Waals surface area (Å²) in [7, 11) is 0. The molecule has 3 heterocycles. The minimum atomic E-state index is -0.694. The number of anilines is 5. The minimum Gasteiger partial charge on any atom is -0.493 e. The lowest BCUT2D eigenvalue weighted by atomic mass is 9.63. The van der Waals surface area contributed by atoms with Gasteiger partial charge in [-0.1, -0.05) is 215 Å². The molecule has 0 spiro atoms. The average Bonchev–Trinajstić information content (AvgIpc) is 1.54. The first-order valence-corrected chi connectivity index (χ1v) is 35.9. The normalized spacial score (nSPS) is 19.6. The lowest BCUT2D eigenvalue weighted by Gasteiger charge is -2.41.